The van der Waals surface area contributed by atoms with Crippen LogP contribution in [0.3, 0.4) is 0 Å². The summed E-state index contributed by atoms with van der Waals surface area (Å²) in [7, 11) is 0. The quantitative estimate of drug-likeness (QED) is 0.279. The van der Waals surface area contributed by atoms with Gasteiger partial charge in [0, 0.05) is 5.02 Å². The normalized spacial score (nSPS) is 11.6. The molecule has 7 heteroatoms. The zero-order valence-corrected chi connectivity index (χ0v) is 18.2. The first-order chi connectivity index (χ1) is 14.2. The van der Waals surface area contributed by atoms with Gasteiger partial charge in [0.1, 0.15) is 16.7 Å². The Kier molecular flexibility index (Phi) is 5.26. The first-order valence-corrected chi connectivity index (χ1v) is 10.1. The second-order valence-electron chi connectivity index (χ2n) is 7.92. The molecule has 4 rings (SSSR count). The van der Waals surface area contributed by atoms with Crippen LogP contribution < -0.4 is 4.74 Å². The van der Waals surface area contributed by atoms with E-state index in [2.05, 4.69) is 31.0 Å². The van der Waals surface area contributed by atoms with Crippen LogP contribution in [0, 0.1) is 0 Å². The number of hydrogen-bond acceptors (Lipinski definition) is 4. The summed E-state index contributed by atoms with van der Waals surface area (Å²) in [4.78, 5) is 14.3. The number of halogens is 2. The van der Waals surface area contributed by atoms with E-state index in [0.717, 1.165) is 16.6 Å². The Balaban J connectivity index is 1.79. The highest BCUT2D eigenvalue weighted by molar-refractivity contribution is 6.36. The monoisotopic (exact) mass is 439 g/mol. The highest BCUT2D eigenvalue weighted by Gasteiger charge is 2.21. The van der Waals surface area contributed by atoms with Crippen LogP contribution in [-0.4, -0.2) is 21.0 Å². The molecule has 0 aliphatic carbocycles. The van der Waals surface area contributed by atoms with Crippen LogP contribution in [0.2, 0.25) is 10.0 Å². The molecule has 30 heavy (non-hydrogen) atoms. The minimum atomic E-state index is -0.585. The second kappa shape index (κ2) is 7.74. The predicted octanol–water partition coefficient (Wildman–Crippen LogP) is 6.24. The molecule has 0 N–H and O–H groups in total. The van der Waals surface area contributed by atoms with Crippen molar-refractivity contribution in [2.24, 2.45) is 0 Å². The molecule has 1 aromatic heterocycles. The molecule has 0 aliphatic rings. The van der Waals surface area contributed by atoms with Crippen molar-refractivity contribution >= 4 is 40.2 Å². The summed E-state index contributed by atoms with van der Waals surface area (Å²) >= 11 is 12.1. The molecule has 0 radical (unpaired) electrons. The van der Waals surface area contributed by atoms with Crippen molar-refractivity contribution in [1.29, 1.82) is 0 Å². The number of aromatic nitrogens is 3. The number of hydrogen-bond donors (Lipinski definition) is 0. The Labute approximate surface area is 184 Å². The van der Waals surface area contributed by atoms with Gasteiger partial charge in [0.25, 0.3) is 0 Å². The topological polar surface area (TPSA) is 57.0 Å². The second-order valence-corrected chi connectivity index (χ2v) is 8.77. The summed E-state index contributed by atoms with van der Waals surface area (Å²) in [6, 6.07) is 17.8. The first-order valence-electron chi connectivity index (χ1n) is 9.36. The van der Waals surface area contributed by atoms with Crippen LogP contribution in [0.15, 0.2) is 60.7 Å². The average molecular weight is 440 g/mol. The van der Waals surface area contributed by atoms with Gasteiger partial charge < -0.3 is 4.74 Å². The molecular formula is C23H19Cl2N3O2. The van der Waals surface area contributed by atoms with E-state index < -0.39 is 5.97 Å². The lowest BCUT2D eigenvalue weighted by atomic mass is 9.87. The van der Waals surface area contributed by atoms with Gasteiger partial charge >= 0.3 is 5.97 Å². The van der Waals surface area contributed by atoms with Crippen molar-refractivity contribution in [1.82, 2.24) is 15.0 Å². The maximum atomic E-state index is 12.8. The number of rotatable bonds is 3. The Morgan fingerprint density at radius 1 is 0.933 bits per heavy atom. The minimum absolute atomic E-state index is 0.108. The van der Waals surface area contributed by atoms with Crippen LogP contribution in [0.4, 0.5) is 0 Å². The number of benzene rings is 3. The highest BCUT2D eigenvalue weighted by Crippen LogP contribution is 2.31. The zero-order valence-electron chi connectivity index (χ0n) is 16.7. The molecule has 0 unspecified atom stereocenters. The molecule has 1 heterocycles. The zero-order chi connectivity index (χ0) is 21.5. The van der Waals surface area contributed by atoms with Gasteiger partial charge in [-0.1, -0.05) is 62.2 Å². The third kappa shape index (κ3) is 4.04. The Morgan fingerprint density at radius 3 is 2.20 bits per heavy atom. The van der Waals surface area contributed by atoms with Gasteiger partial charge in [-0.2, -0.15) is 0 Å². The summed E-state index contributed by atoms with van der Waals surface area (Å²) in [5, 5.41) is 9.76. The van der Waals surface area contributed by atoms with E-state index in [1.54, 1.807) is 12.1 Å². The van der Waals surface area contributed by atoms with Gasteiger partial charge in [-0.15, -0.1) is 15.0 Å². The van der Waals surface area contributed by atoms with Crippen LogP contribution in [-0.2, 0) is 5.41 Å². The first kappa shape index (κ1) is 20.4. The highest BCUT2D eigenvalue weighted by atomic mass is 35.5. The molecule has 0 saturated carbocycles. The van der Waals surface area contributed by atoms with Crippen molar-refractivity contribution in [2.75, 3.05) is 0 Å². The van der Waals surface area contributed by atoms with E-state index in [1.165, 1.54) is 16.9 Å². The number of nitrogens with zero attached hydrogens (tertiary/aromatic N) is 3. The molecule has 4 aromatic rings. The predicted molar refractivity (Wildman–Crippen MR) is 119 cm³/mol. The smallest absolute Gasteiger partial charge is 0.345 e. The summed E-state index contributed by atoms with van der Waals surface area (Å²) < 4.78 is 5.70. The maximum Gasteiger partial charge on any atom is 0.345 e. The Bertz CT molecular complexity index is 1230. The minimum Gasteiger partial charge on any atom is -0.421 e. The fraction of sp³-hybridized carbons (Fsp3) is 0.174. The Hall–Kier alpha value is -2.89. The summed E-state index contributed by atoms with van der Waals surface area (Å²) in [6.45, 7) is 6.33. The maximum absolute atomic E-state index is 12.8. The molecule has 5 nitrogen and oxygen atoms in total. The average Bonchev–Trinajstić information content (AvgIpc) is 3.11. The summed E-state index contributed by atoms with van der Waals surface area (Å²) in [5.41, 5.74) is 3.24. The van der Waals surface area contributed by atoms with Crippen molar-refractivity contribution in [3.05, 3.63) is 81.8 Å². The molecule has 152 valence electrons. The third-order valence-electron chi connectivity index (χ3n) is 4.68. The van der Waals surface area contributed by atoms with E-state index in [0.29, 0.717) is 16.5 Å². The van der Waals surface area contributed by atoms with Crippen molar-refractivity contribution < 1.29 is 9.53 Å². The molecule has 0 spiro atoms. The molecule has 0 bridgehead atoms. The van der Waals surface area contributed by atoms with Crippen LogP contribution in [0.5, 0.6) is 5.75 Å². The Morgan fingerprint density at radius 2 is 1.60 bits per heavy atom. The number of carbonyl (C=O) groups excluding carboxylic acids is 1. The molecule has 3 aromatic carbocycles. The van der Waals surface area contributed by atoms with Gasteiger partial charge in [0.2, 0.25) is 0 Å². The van der Waals surface area contributed by atoms with E-state index in [9.17, 15) is 4.79 Å². The molecule has 0 aliphatic heterocycles. The molecular weight excluding hydrogens is 421 g/mol. The number of carbonyl (C=O) groups is 1. The lowest BCUT2D eigenvalue weighted by molar-refractivity contribution is 0.0734. The van der Waals surface area contributed by atoms with E-state index in [-0.39, 0.29) is 16.0 Å². The summed E-state index contributed by atoms with van der Waals surface area (Å²) in [6.07, 6.45) is 0. The molecule has 0 atom stereocenters. The summed E-state index contributed by atoms with van der Waals surface area (Å²) in [5.74, 6) is -0.252. The molecule has 0 fully saturated rings. The largest absolute Gasteiger partial charge is 0.421 e. The van der Waals surface area contributed by atoms with E-state index in [4.69, 9.17) is 27.9 Å². The van der Waals surface area contributed by atoms with Crippen molar-refractivity contribution in [3.63, 3.8) is 0 Å². The standard InChI is InChI=1S/C23H19Cl2N3O2/c1-23(2,3)14-8-11-21(30-22(29)16-10-9-15(24)13-17(16)25)20(12-14)28-26-18-6-4-5-7-19(18)27-28/h4-13H,1-3H3. The third-order valence-corrected chi connectivity index (χ3v) is 5.23. The SMILES string of the molecule is CC(C)(C)c1ccc(OC(=O)c2ccc(Cl)cc2Cl)c(-n2nc3ccccc3n2)c1. The molecule has 0 amide bonds. The van der Waals surface area contributed by atoms with Crippen LogP contribution in [0.1, 0.15) is 36.7 Å². The van der Waals surface area contributed by atoms with Crippen molar-refractivity contribution in [2.45, 2.75) is 26.2 Å². The number of fused-ring (bicyclic) bond motifs is 1. The fourth-order valence-electron chi connectivity index (χ4n) is 3.00. The van der Waals surface area contributed by atoms with Gasteiger partial charge in [0.05, 0.1) is 10.6 Å². The van der Waals surface area contributed by atoms with Crippen LogP contribution >= 0.6 is 23.2 Å². The molecule has 0 saturated heterocycles. The van der Waals surface area contributed by atoms with Gasteiger partial charge in [-0.25, -0.2) is 4.79 Å². The van der Waals surface area contributed by atoms with E-state index >= 15 is 0 Å². The van der Waals surface area contributed by atoms with Gasteiger partial charge in [-0.05, 0) is 53.4 Å². The lowest BCUT2D eigenvalue weighted by Crippen LogP contribution is -2.15. The van der Waals surface area contributed by atoms with Crippen LogP contribution in [0.25, 0.3) is 16.7 Å². The van der Waals surface area contributed by atoms with Crippen molar-refractivity contribution in [3.8, 4) is 11.4 Å². The number of ether oxygens (including phenoxy) is 1. The van der Waals surface area contributed by atoms with Gasteiger partial charge in [0.15, 0.2) is 5.75 Å². The van der Waals surface area contributed by atoms with E-state index in [1.807, 2.05) is 36.4 Å². The number of esters is 1. The fourth-order valence-corrected chi connectivity index (χ4v) is 3.49. The van der Waals surface area contributed by atoms with Gasteiger partial charge in [-0.3, -0.25) is 0 Å². The lowest BCUT2D eigenvalue weighted by Gasteiger charge is -2.21.